The Balaban J connectivity index is 1.23. The van der Waals surface area contributed by atoms with Gasteiger partial charge in [-0.05, 0) is 49.1 Å². The van der Waals surface area contributed by atoms with E-state index >= 15 is 0 Å². The second kappa shape index (κ2) is 7.42. The summed E-state index contributed by atoms with van der Waals surface area (Å²) in [6.45, 7) is 9.88. The fraction of sp³-hybridized carbons (Fsp3) is 0.789. The zero-order chi connectivity index (χ0) is 16.4. The van der Waals surface area contributed by atoms with Crippen molar-refractivity contribution in [3.05, 3.63) is 21.9 Å². The Kier molecular flexibility index (Phi) is 5.25. The van der Waals surface area contributed by atoms with Gasteiger partial charge in [-0.2, -0.15) is 0 Å². The molecule has 1 aromatic heterocycles. The molecule has 5 heteroatoms. The number of aryl methyl sites for hydroxylation is 1. The largest absolute Gasteiger partial charge is 0.381 e. The van der Waals surface area contributed by atoms with Crippen molar-refractivity contribution in [2.24, 2.45) is 11.8 Å². The minimum Gasteiger partial charge on any atom is -0.381 e. The first-order valence-electron chi connectivity index (χ1n) is 9.30. The van der Waals surface area contributed by atoms with Crippen molar-refractivity contribution >= 4 is 11.3 Å². The Morgan fingerprint density at radius 3 is 2.79 bits per heavy atom. The minimum absolute atomic E-state index is 0.0703. The van der Waals surface area contributed by atoms with E-state index in [1.54, 1.807) is 0 Å². The molecule has 0 amide bonds. The van der Waals surface area contributed by atoms with Crippen LogP contribution in [-0.4, -0.2) is 56.6 Å². The van der Waals surface area contributed by atoms with Crippen molar-refractivity contribution in [2.45, 2.75) is 38.3 Å². The molecule has 3 aliphatic rings. The summed E-state index contributed by atoms with van der Waals surface area (Å²) < 4.78 is 17.7. The van der Waals surface area contributed by atoms with Crippen LogP contribution in [0.1, 0.15) is 29.7 Å². The fourth-order valence-corrected chi connectivity index (χ4v) is 5.20. The average Bonchev–Trinajstić information content (AvgIpc) is 3.15. The molecule has 0 radical (unpaired) electrons. The molecule has 4 heterocycles. The first-order valence-corrected chi connectivity index (χ1v) is 10.2. The molecule has 0 aromatic carbocycles. The molecular weight excluding hydrogens is 322 g/mol. The van der Waals surface area contributed by atoms with Crippen LogP contribution >= 0.6 is 11.3 Å². The van der Waals surface area contributed by atoms with Gasteiger partial charge in [0.25, 0.3) is 0 Å². The first kappa shape index (κ1) is 17.0. The van der Waals surface area contributed by atoms with Crippen LogP contribution in [0.4, 0.5) is 0 Å². The standard InChI is InChI=1S/C19H29NO3S/c1-15-5-9-24-18(15)10-20-13-19(14-20)17(4-8-23-19)12-22-11-16-2-6-21-7-3-16/h5,9,16-17H,2-4,6-8,10-14H2,1H3/t17-/m0/s1. The molecule has 24 heavy (non-hydrogen) atoms. The van der Waals surface area contributed by atoms with E-state index in [-0.39, 0.29) is 5.60 Å². The second-order valence-corrected chi connectivity index (χ2v) is 8.66. The molecule has 3 fully saturated rings. The van der Waals surface area contributed by atoms with Gasteiger partial charge >= 0.3 is 0 Å². The van der Waals surface area contributed by atoms with Gasteiger partial charge in [0.15, 0.2) is 0 Å². The van der Waals surface area contributed by atoms with Crippen molar-refractivity contribution in [1.82, 2.24) is 4.90 Å². The molecule has 0 aliphatic carbocycles. The van der Waals surface area contributed by atoms with Crippen LogP contribution in [0.3, 0.4) is 0 Å². The van der Waals surface area contributed by atoms with Gasteiger partial charge < -0.3 is 14.2 Å². The summed E-state index contributed by atoms with van der Waals surface area (Å²) in [5, 5.41) is 2.19. The third-order valence-corrected chi connectivity index (χ3v) is 6.94. The lowest BCUT2D eigenvalue weighted by molar-refractivity contribution is -0.147. The molecule has 1 aromatic rings. The van der Waals surface area contributed by atoms with Gasteiger partial charge in [-0.15, -0.1) is 11.3 Å². The number of nitrogens with zero attached hydrogens (tertiary/aromatic N) is 1. The molecule has 4 nitrogen and oxygen atoms in total. The zero-order valence-corrected chi connectivity index (χ0v) is 15.5. The number of thiophene rings is 1. The molecule has 4 rings (SSSR count). The predicted molar refractivity (Wildman–Crippen MR) is 95.5 cm³/mol. The fourth-order valence-electron chi connectivity index (χ4n) is 4.25. The quantitative estimate of drug-likeness (QED) is 0.788. The van der Waals surface area contributed by atoms with Crippen molar-refractivity contribution in [3.8, 4) is 0 Å². The molecule has 3 aliphatic heterocycles. The van der Waals surface area contributed by atoms with Gasteiger partial charge in [-0.25, -0.2) is 0 Å². The van der Waals surface area contributed by atoms with E-state index in [1.165, 1.54) is 10.4 Å². The molecular formula is C19H29NO3S. The normalized spacial score (nSPS) is 27.6. The van der Waals surface area contributed by atoms with Crippen LogP contribution in [0.15, 0.2) is 11.4 Å². The van der Waals surface area contributed by atoms with E-state index in [1.807, 2.05) is 11.3 Å². The lowest BCUT2D eigenvalue weighted by Crippen LogP contribution is -2.64. The molecule has 1 atom stereocenters. The SMILES string of the molecule is Cc1ccsc1CN1CC2(C1)OCC[C@H]2COCC1CCOCC1. The van der Waals surface area contributed by atoms with Crippen LogP contribution in [0.25, 0.3) is 0 Å². The van der Waals surface area contributed by atoms with E-state index in [2.05, 4.69) is 23.3 Å². The van der Waals surface area contributed by atoms with E-state index in [0.29, 0.717) is 11.8 Å². The molecule has 3 saturated heterocycles. The summed E-state index contributed by atoms with van der Waals surface area (Å²) in [6, 6.07) is 2.22. The summed E-state index contributed by atoms with van der Waals surface area (Å²) in [5.74, 6) is 1.26. The van der Waals surface area contributed by atoms with Crippen molar-refractivity contribution in [1.29, 1.82) is 0 Å². The summed E-state index contributed by atoms with van der Waals surface area (Å²) in [5.41, 5.74) is 1.49. The van der Waals surface area contributed by atoms with Crippen molar-refractivity contribution in [3.63, 3.8) is 0 Å². The third kappa shape index (κ3) is 3.56. The molecule has 0 bridgehead atoms. The third-order valence-electron chi connectivity index (χ3n) is 5.93. The van der Waals surface area contributed by atoms with E-state index in [9.17, 15) is 0 Å². The van der Waals surface area contributed by atoms with Crippen LogP contribution in [0, 0.1) is 18.8 Å². The molecule has 1 spiro atoms. The van der Waals surface area contributed by atoms with Crippen LogP contribution in [0.5, 0.6) is 0 Å². The number of ether oxygens (including phenoxy) is 3. The highest BCUT2D eigenvalue weighted by molar-refractivity contribution is 7.10. The highest BCUT2D eigenvalue weighted by Crippen LogP contribution is 2.41. The highest BCUT2D eigenvalue weighted by atomic mass is 32.1. The Hall–Kier alpha value is -0.460. The molecule has 0 saturated carbocycles. The number of hydrogen-bond acceptors (Lipinski definition) is 5. The van der Waals surface area contributed by atoms with Gasteiger partial charge in [-0.3, -0.25) is 4.90 Å². The Labute approximate surface area is 149 Å². The van der Waals surface area contributed by atoms with Gasteiger partial charge in [0, 0.05) is 56.9 Å². The minimum atomic E-state index is 0.0703. The molecule has 0 N–H and O–H groups in total. The number of likely N-dealkylation sites (tertiary alicyclic amines) is 1. The predicted octanol–water partition coefficient (Wildman–Crippen LogP) is 3.09. The summed E-state index contributed by atoms with van der Waals surface area (Å²) in [6.07, 6.45) is 3.46. The van der Waals surface area contributed by atoms with Crippen LogP contribution in [-0.2, 0) is 20.8 Å². The lowest BCUT2D eigenvalue weighted by atomic mass is 9.81. The van der Waals surface area contributed by atoms with E-state index < -0.39 is 0 Å². The van der Waals surface area contributed by atoms with E-state index in [4.69, 9.17) is 14.2 Å². The molecule has 0 unspecified atom stereocenters. The van der Waals surface area contributed by atoms with Gasteiger partial charge in [-0.1, -0.05) is 0 Å². The maximum atomic E-state index is 6.17. The van der Waals surface area contributed by atoms with Gasteiger partial charge in [0.2, 0.25) is 0 Å². The first-order chi connectivity index (χ1) is 11.8. The highest BCUT2D eigenvalue weighted by Gasteiger charge is 2.52. The van der Waals surface area contributed by atoms with Crippen LogP contribution in [0.2, 0.25) is 0 Å². The van der Waals surface area contributed by atoms with E-state index in [0.717, 1.165) is 71.9 Å². The summed E-state index contributed by atoms with van der Waals surface area (Å²) in [7, 11) is 0. The topological polar surface area (TPSA) is 30.9 Å². The summed E-state index contributed by atoms with van der Waals surface area (Å²) in [4.78, 5) is 4.02. The zero-order valence-electron chi connectivity index (χ0n) is 14.7. The van der Waals surface area contributed by atoms with Crippen molar-refractivity contribution in [2.75, 3.05) is 46.1 Å². The van der Waals surface area contributed by atoms with Gasteiger partial charge in [0.1, 0.15) is 0 Å². The number of hydrogen-bond donors (Lipinski definition) is 0. The van der Waals surface area contributed by atoms with Crippen molar-refractivity contribution < 1.29 is 14.2 Å². The smallest absolute Gasteiger partial charge is 0.0985 e. The monoisotopic (exact) mass is 351 g/mol. The maximum Gasteiger partial charge on any atom is 0.0985 e. The van der Waals surface area contributed by atoms with Crippen LogP contribution < -0.4 is 0 Å². The Morgan fingerprint density at radius 2 is 2.04 bits per heavy atom. The Bertz CT molecular complexity index is 534. The summed E-state index contributed by atoms with van der Waals surface area (Å²) >= 11 is 1.87. The molecule has 134 valence electrons. The lowest BCUT2D eigenvalue weighted by Gasteiger charge is -2.50. The van der Waals surface area contributed by atoms with Gasteiger partial charge in [0.05, 0.1) is 12.2 Å². The Morgan fingerprint density at radius 1 is 1.21 bits per heavy atom. The number of rotatable bonds is 6. The maximum absolute atomic E-state index is 6.17. The average molecular weight is 352 g/mol. The second-order valence-electron chi connectivity index (χ2n) is 7.66.